The van der Waals surface area contributed by atoms with Gasteiger partial charge in [-0.05, 0) is 53.1 Å². The van der Waals surface area contributed by atoms with Gasteiger partial charge in [0.25, 0.3) is 0 Å². The third-order valence-corrected chi connectivity index (χ3v) is 7.31. The monoisotopic (exact) mass is 500 g/mol. The molecule has 0 aromatic heterocycles. The summed E-state index contributed by atoms with van der Waals surface area (Å²) in [5.41, 5.74) is 3.22. The van der Waals surface area contributed by atoms with Crippen molar-refractivity contribution < 1.29 is 8.42 Å². The Hall–Kier alpha value is -3.21. The summed E-state index contributed by atoms with van der Waals surface area (Å²) in [6.45, 7) is 0. The molecule has 0 heterocycles. The SMILES string of the molecule is O=S(=O)(C(=C/c1ccccc1)/C(=C/c1ccccc1)c1ccccc1)c1ccc(Br)cc1. The van der Waals surface area contributed by atoms with Gasteiger partial charge in [-0.15, -0.1) is 0 Å². The van der Waals surface area contributed by atoms with Gasteiger partial charge in [-0.1, -0.05) is 107 Å². The highest BCUT2D eigenvalue weighted by molar-refractivity contribution is 9.10. The summed E-state index contributed by atoms with van der Waals surface area (Å²) in [6.07, 6.45) is 3.68. The van der Waals surface area contributed by atoms with Gasteiger partial charge in [0.1, 0.15) is 0 Å². The highest BCUT2D eigenvalue weighted by atomic mass is 79.9. The van der Waals surface area contributed by atoms with E-state index in [1.165, 1.54) is 0 Å². The van der Waals surface area contributed by atoms with E-state index in [-0.39, 0.29) is 9.80 Å². The van der Waals surface area contributed by atoms with E-state index in [0.717, 1.165) is 21.2 Å². The molecule has 0 aliphatic rings. The predicted molar refractivity (Wildman–Crippen MR) is 137 cm³/mol. The van der Waals surface area contributed by atoms with Gasteiger partial charge in [-0.2, -0.15) is 0 Å². The standard InChI is InChI=1S/C28H21BrO2S/c29-25-16-18-26(19-17-25)32(30,31)28(21-23-12-6-2-7-13-23)27(24-14-8-3-9-15-24)20-22-10-4-1-5-11-22/h1-21H/b27-20+,28-21+. The van der Waals surface area contributed by atoms with Crippen LogP contribution in [0, 0.1) is 0 Å². The fourth-order valence-corrected chi connectivity index (χ4v) is 5.14. The number of allylic oxidation sites excluding steroid dienone is 1. The van der Waals surface area contributed by atoms with Crippen LogP contribution in [0.25, 0.3) is 17.7 Å². The van der Waals surface area contributed by atoms with Gasteiger partial charge in [-0.25, -0.2) is 8.42 Å². The molecule has 4 rings (SSSR count). The van der Waals surface area contributed by atoms with E-state index in [1.54, 1.807) is 30.3 Å². The molecule has 0 unspecified atom stereocenters. The fourth-order valence-electron chi connectivity index (χ4n) is 3.37. The van der Waals surface area contributed by atoms with Crippen LogP contribution in [0.5, 0.6) is 0 Å². The summed E-state index contributed by atoms with van der Waals surface area (Å²) in [5, 5.41) is 0. The normalized spacial score (nSPS) is 12.5. The molecule has 0 radical (unpaired) electrons. The van der Waals surface area contributed by atoms with Crippen molar-refractivity contribution in [3.05, 3.63) is 141 Å². The Labute approximate surface area is 197 Å². The topological polar surface area (TPSA) is 34.1 Å². The quantitative estimate of drug-likeness (QED) is 0.203. The molecule has 0 aliphatic heterocycles. The highest BCUT2D eigenvalue weighted by Gasteiger charge is 2.25. The first kappa shape index (κ1) is 22.0. The molecule has 2 nitrogen and oxygen atoms in total. The molecule has 0 amide bonds. The zero-order chi connectivity index (χ0) is 22.4. The molecule has 0 atom stereocenters. The van der Waals surface area contributed by atoms with Crippen molar-refractivity contribution in [2.24, 2.45) is 0 Å². The molecular formula is C28H21BrO2S. The first-order valence-corrected chi connectivity index (χ1v) is 12.4. The van der Waals surface area contributed by atoms with Crippen molar-refractivity contribution in [2.45, 2.75) is 4.90 Å². The molecule has 0 saturated heterocycles. The fraction of sp³-hybridized carbons (Fsp3) is 0. The third-order valence-electron chi connectivity index (χ3n) is 4.97. The second kappa shape index (κ2) is 9.94. The maximum absolute atomic E-state index is 13.9. The molecule has 158 valence electrons. The molecule has 0 N–H and O–H groups in total. The Morgan fingerprint density at radius 1 is 0.594 bits per heavy atom. The smallest absolute Gasteiger partial charge is 0.207 e. The molecular weight excluding hydrogens is 480 g/mol. The van der Waals surface area contributed by atoms with Crippen LogP contribution < -0.4 is 0 Å². The van der Waals surface area contributed by atoms with E-state index in [0.29, 0.717) is 5.57 Å². The number of halogens is 1. The van der Waals surface area contributed by atoms with E-state index >= 15 is 0 Å². The summed E-state index contributed by atoms with van der Waals surface area (Å²) < 4.78 is 28.7. The van der Waals surface area contributed by atoms with Gasteiger partial charge < -0.3 is 0 Å². The second-order valence-corrected chi connectivity index (χ2v) is 10.0. The lowest BCUT2D eigenvalue weighted by Crippen LogP contribution is -2.07. The van der Waals surface area contributed by atoms with Crippen molar-refractivity contribution in [1.82, 2.24) is 0 Å². The van der Waals surface area contributed by atoms with Gasteiger partial charge in [0.15, 0.2) is 0 Å². The molecule has 0 aliphatic carbocycles. The van der Waals surface area contributed by atoms with Gasteiger partial charge in [0.05, 0.1) is 9.80 Å². The Bertz CT molecular complexity index is 1340. The highest BCUT2D eigenvalue weighted by Crippen LogP contribution is 2.35. The predicted octanol–water partition coefficient (Wildman–Crippen LogP) is 7.50. The summed E-state index contributed by atoms with van der Waals surface area (Å²) in [6, 6.07) is 35.7. The molecule has 0 fully saturated rings. The van der Waals surface area contributed by atoms with E-state index in [4.69, 9.17) is 0 Å². The Kier molecular flexibility index (Phi) is 6.84. The van der Waals surface area contributed by atoms with E-state index < -0.39 is 9.84 Å². The molecule has 4 aromatic carbocycles. The second-order valence-electron chi connectivity index (χ2n) is 7.21. The Morgan fingerprint density at radius 3 is 1.59 bits per heavy atom. The molecule has 0 saturated carbocycles. The maximum atomic E-state index is 13.9. The van der Waals surface area contributed by atoms with Crippen molar-refractivity contribution in [3.8, 4) is 0 Å². The minimum absolute atomic E-state index is 0.248. The number of benzene rings is 4. The minimum atomic E-state index is -3.81. The van der Waals surface area contributed by atoms with Gasteiger partial charge >= 0.3 is 0 Å². The van der Waals surface area contributed by atoms with Crippen molar-refractivity contribution in [3.63, 3.8) is 0 Å². The van der Waals surface area contributed by atoms with Crippen LogP contribution in [0.4, 0.5) is 0 Å². The number of rotatable bonds is 6. The molecule has 4 aromatic rings. The lowest BCUT2D eigenvalue weighted by atomic mass is 10.0. The van der Waals surface area contributed by atoms with Gasteiger partial charge in [-0.3, -0.25) is 0 Å². The van der Waals surface area contributed by atoms with Crippen molar-refractivity contribution in [1.29, 1.82) is 0 Å². The largest absolute Gasteiger partial charge is 0.218 e. The number of hydrogen-bond donors (Lipinski definition) is 0. The number of sulfone groups is 1. The molecule has 32 heavy (non-hydrogen) atoms. The zero-order valence-electron chi connectivity index (χ0n) is 17.2. The van der Waals surface area contributed by atoms with Crippen LogP contribution in [0.1, 0.15) is 16.7 Å². The average molecular weight is 501 g/mol. The average Bonchev–Trinajstić information content (AvgIpc) is 2.83. The van der Waals surface area contributed by atoms with Crippen LogP contribution in [0.3, 0.4) is 0 Å². The van der Waals surface area contributed by atoms with Crippen LogP contribution in [0.2, 0.25) is 0 Å². The van der Waals surface area contributed by atoms with Gasteiger partial charge in [0, 0.05) is 10.0 Å². The first-order chi connectivity index (χ1) is 15.5. The lowest BCUT2D eigenvalue weighted by molar-refractivity contribution is 0.603. The molecule has 0 bridgehead atoms. The van der Waals surface area contributed by atoms with E-state index in [1.807, 2.05) is 97.1 Å². The van der Waals surface area contributed by atoms with Crippen LogP contribution in [-0.4, -0.2) is 8.42 Å². The van der Waals surface area contributed by atoms with Gasteiger partial charge in [0.2, 0.25) is 9.84 Å². The van der Waals surface area contributed by atoms with E-state index in [9.17, 15) is 8.42 Å². The number of hydrogen-bond acceptors (Lipinski definition) is 2. The minimum Gasteiger partial charge on any atom is -0.218 e. The Balaban J connectivity index is 1.99. The van der Waals surface area contributed by atoms with Crippen LogP contribution in [0.15, 0.2) is 130 Å². The first-order valence-electron chi connectivity index (χ1n) is 10.1. The van der Waals surface area contributed by atoms with E-state index in [2.05, 4.69) is 15.9 Å². The maximum Gasteiger partial charge on any atom is 0.207 e. The summed E-state index contributed by atoms with van der Waals surface area (Å²) in [7, 11) is -3.81. The summed E-state index contributed by atoms with van der Waals surface area (Å²) in [4.78, 5) is 0.499. The molecule has 0 spiro atoms. The summed E-state index contributed by atoms with van der Waals surface area (Å²) >= 11 is 3.39. The summed E-state index contributed by atoms with van der Waals surface area (Å²) in [5.74, 6) is 0. The van der Waals surface area contributed by atoms with Crippen LogP contribution >= 0.6 is 15.9 Å². The van der Waals surface area contributed by atoms with Crippen LogP contribution in [-0.2, 0) is 9.84 Å². The van der Waals surface area contributed by atoms with Crippen molar-refractivity contribution in [2.75, 3.05) is 0 Å². The Morgan fingerprint density at radius 2 is 1.06 bits per heavy atom. The lowest BCUT2D eigenvalue weighted by Gasteiger charge is -2.15. The third kappa shape index (κ3) is 5.16. The molecule has 4 heteroatoms. The zero-order valence-corrected chi connectivity index (χ0v) is 19.6. The van der Waals surface area contributed by atoms with Crippen molar-refractivity contribution >= 4 is 43.5 Å².